The average Bonchev–Trinajstić information content (AvgIpc) is 3.38. The van der Waals surface area contributed by atoms with Crippen molar-refractivity contribution in [1.29, 1.82) is 0 Å². The second-order valence-corrected chi connectivity index (χ2v) is 9.12. The van der Waals surface area contributed by atoms with E-state index in [2.05, 4.69) is 19.9 Å². The Bertz CT molecular complexity index is 931. The molecule has 3 heterocycles. The number of hydrogen-bond donors (Lipinski definition) is 1. The predicted octanol–water partition coefficient (Wildman–Crippen LogP) is 0.945. The Morgan fingerprint density at radius 1 is 1.26 bits per heavy atom. The van der Waals surface area contributed by atoms with Crippen molar-refractivity contribution in [2.75, 3.05) is 41.7 Å². The fourth-order valence-electron chi connectivity index (χ4n) is 3.48. The lowest BCUT2D eigenvalue weighted by molar-refractivity contribution is -0.107. The van der Waals surface area contributed by atoms with Crippen LogP contribution in [0, 0.1) is 0 Å². The number of anilines is 2. The van der Waals surface area contributed by atoms with Gasteiger partial charge in [-0.3, -0.25) is 9.69 Å². The number of piperazine rings is 1. The van der Waals surface area contributed by atoms with Crippen LogP contribution in [-0.4, -0.2) is 72.1 Å². The molecule has 1 saturated heterocycles. The van der Waals surface area contributed by atoms with Crippen molar-refractivity contribution in [3.05, 3.63) is 12.3 Å². The van der Waals surface area contributed by atoms with Gasteiger partial charge in [-0.15, -0.1) is 0 Å². The molecule has 27 heavy (non-hydrogen) atoms. The summed E-state index contributed by atoms with van der Waals surface area (Å²) in [5.74, 6) is 1.33. The molecule has 1 saturated carbocycles. The van der Waals surface area contributed by atoms with Crippen molar-refractivity contribution in [1.82, 2.24) is 19.3 Å². The van der Waals surface area contributed by atoms with Crippen molar-refractivity contribution in [3.63, 3.8) is 0 Å². The van der Waals surface area contributed by atoms with Crippen LogP contribution >= 0.6 is 0 Å². The second kappa shape index (κ2) is 7.08. The highest BCUT2D eigenvalue weighted by Crippen LogP contribution is 2.32. The van der Waals surface area contributed by atoms with Gasteiger partial charge in [-0.1, -0.05) is 6.92 Å². The Labute approximate surface area is 158 Å². The minimum absolute atomic E-state index is 0.179. The van der Waals surface area contributed by atoms with E-state index in [-0.39, 0.29) is 11.8 Å². The largest absolute Gasteiger partial charge is 0.353 e. The number of nitrogens with zero attached hydrogens (tertiary/aromatic N) is 5. The average molecular weight is 392 g/mol. The molecule has 1 N–H and O–H groups in total. The van der Waals surface area contributed by atoms with E-state index in [1.807, 2.05) is 13.0 Å². The van der Waals surface area contributed by atoms with Gasteiger partial charge in [0.1, 0.15) is 11.5 Å². The molecule has 1 aliphatic heterocycles. The highest BCUT2D eigenvalue weighted by atomic mass is 32.2. The third-order valence-corrected chi connectivity index (χ3v) is 7.14. The second-order valence-electron chi connectivity index (χ2n) is 7.03. The molecule has 0 unspecified atom stereocenters. The summed E-state index contributed by atoms with van der Waals surface area (Å²) in [7, 11) is -3.19. The first-order valence-electron chi connectivity index (χ1n) is 9.35. The van der Waals surface area contributed by atoms with E-state index >= 15 is 0 Å². The fraction of sp³-hybridized carbons (Fsp3) is 0.588. The number of hydrogen-bond acceptors (Lipinski definition) is 6. The van der Waals surface area contributed by atoms with Gasteiger partial charge in [0.25, 0.3) is 0 Å². The number of fused-ring (bicyclic) bond motifs is 1. The van der Waals surface area contributed by atoms with Gasteiger partial charge in [0.2, 0.25) is 22.4 Å². The molecule has 2 aromatic rings. The summed E-state index contributed by atoms with van der Waals surface area (Å²) in [6.07, 6.45) is 5.14. The highest BCUT2D eigenvalue weighted by molar-refractivity contribution is 7.89. The molecular formula is C17H24N6O3S. The SMILES string of the molecule is CCCS(=O)(=O)N1CCN(c2nc(N(C=O)C3CC3)nc3[nH]ccc23)CC1. The van der Waals surface area contributed by atoms with Gasteiger partial charge in [-0.05, 0) is 25.3 Å². The standard InChI is InChI=1S/C17H24N6O3S/c1-2-11-27(25,26)22-9-7-21(8-10-22)16-14-5-6-18-15(14)19-17(20-16)23(12-24)13-3-4-13/h5-6,12-13H,2-4,7-11H2,1H3,(H,18,19,20). The molecule has 0 bridgehead atoms. The van der Waals surface area contributed by atoms with Crippen LogP contribution in [0.25, 0.3) is 11.0 Å². The van der Waals surface area contributed by atoms with Crippen molar-refractivity contribution >= 4 is 39.2 Å². The van der Waals surface area contributed by atoms with E-state index in [0.29, 0.717) is 44.2 Å². The number of rotatable bonds is 7. The van der Waals surface area contributed by atoms with Crippen molar-refractivity contribution in [3.8, 4) is 0 Å². The zero-order chi connectivity index (χ0) is 19.0. The highest BCUT2D eigenvalue weighted by Gasteiger charge is 2.33. The quantitative estimate of drug-likeness (QED) is 0.704. The maximum Gasteiger partial charge on any atom is 0.236 e. The van der Waals surface area contributed by atoms with Gasteiger partial charge in [0, 0.05) is 38.4 Å². The molecular weight excluding hydrogens is 368 g/mol. The van der Waals surface area contributed by atoms with Crippen LogP contribution < -0.4 is 9.80 Å². The fourth-order valence-corrected chi connectivity index (χ4v) is 4.98. The van der Waals surface area contributed by atoms with E-state index < -0.39 is 10.0 Å². The van der Waals surface area contributed by atoms with Crippen molar-refractivity contribution < 1.29 is 13.2 Å². The lowest BCUT2D eigenvalue weighted by Gasteiger charge is -2.35. The molecule has 9 nitrogen and oxygen atoms in total. The van der Waals surface area contributed by atoms with Crippen LogP contribution in [0.5, 0.6) is 0 Å². The summed E-state index contributed by atoms with van der Waals surface area (Å²) >= 11 is 0. The minimum atomic E-state index is -3.19. The summed E-state index contributed by atoms with van der Waals surface area (Å²) < 4.78 is 26.2. The number of H-pyrrole nitrogens is 1. The van der Waals surface area contributed by atoms with Gasteiger partial charge >= 0.3 is 0 Å². The first-order valence-corrected chi connectivity index (χ1v) is 11.0. The molecule has 2 aliphatic rings. The van der Waals surface area contributed by atoms with E-state index in [4.69, 9.17) is 0 Å². The third kappa shape index (κ3) is 3.51. The summed E-state index contributed by atoms with van der Waals surface area (Å²) in [5.41, 5.74) is 0.684. The Balaban J connectivity index is 1.60. The van der Waals surface area contributed by atoms with Gasteiger partial charge in [0.05, 0.1) is 11.1 Å². The third-order valence-electron chi connectivity index (χ3n) is 5.06. The lowest BCUT2D eigenvalue weighted by Crippen LogP contribution is -2.49. The van der Waals surface area contributed by atoms with Crippen LogP contribution in [0.4, 0.5) is 11.8 Å². The monoisotopic (exact) mass is 392 g/mol. The first-order chi connectivity index (χ1) is 13.0. The van der Waals surface area contributed by atoms with E-state index in [0.717, 1.165) is 30.5 Å². The normalized spacial score (nSPS) is 18.8. The summed E-state index contributed by atoms with van der Waals surface area (Å²) in [4.78, 5) is 27.5. The lowest BCUT2D eigenvalue weighted by atomic mass is 10.3. The molecule has 2 aromatic heterocycles. The van der Waals surface area contributed by atoms with E-state index in [1.54, 1.807) is 15.4 Å². The molecule has 0 aromatic carbocycles. The van der Waals surface area contributed by atoms with Gasteiger partial charge in [0.15, 0.2) is 0 Å². The molecule has 0 spiro atoms. The first kappa shape index (κ1) is 18.2. The number of sulfonamides is 1. The number of carbonyl (C=O) groups excluding carboxylic acids is 1. The molecule has 146 valence electrons. The molecule has 1 amide bonds. The van der Waals surface area contributed by atoms with Crippen molar-refractivity contribution in [2.24, 2.45) is 0 Å². The number of aromatic nitrogens is 3. The molecule has 1 aliphatic carbocycles. The Hall–Kier alpha value is -2.20. The number of nitrogens with one attached hydrogen (secondary N) is 1. The zero-order valence-electron chi connectivity index (χ0n) is 15.3. The summed E-state index contributed by atoms with van der Waals surface area (Å²) in [5, 5.41) is 0.880. The van der Waals surface area contributed by atoms with Crippen molar-refractivity contribution in [2.45, 2.75) is 32.2 Å². The topological polar surface area (TPSA) is 102 Å². The number of aromatic amines is 1. The molecule has 0 radical (unpaired) electrons. The minimum Gasteiger partial charge on any atom is -0.353 e. The van der Waals surface area contributed by atoms with Crippen LogP contribution in [0.1, 0.15) is 26.2 Å². The van der Waals surface area contributed by atoms with Crippen LogP contribution in [-0.2, 0) is 14.8 Å². The Kier molecular flexibility index (Phi) is 4.77. The predicted molar refractivity (Wildman–Crippen MR) is 103 cm³/mol. The van der Waals surface area contributed by atoms with E-state index in [9.17, 15) is 13.2 Å². The van der Waals surface area contributed by atoms with Gasteiger partial charge < -0.3 is 9.88 Å². The maximum atomic E-state index is 12.3. The Morgan fingerprint density at radius 3 is 2.63 bits per heavy atom. The van der Waals surface area contributed by atoms with Crippen LogP contribution in [0.15, 0.2) is 12.3 Å². The molecule has 4 rings (SSSR count). The van der Waals surface area contributed by atoms with Crippen LogP contribution in [0.3, 0.4) is 0 Å². The van der Waals surface area contributed by atoms with E-state index in [1.165, 1.54) is 0 Å². The summed E-state index contributed by atoms with van der Waals surface area (Å²) in [6.45, 7) is 3.87. The summed E-state index contributed by atoms with van der Waals surface area (Å²) in [6, 6.07) is 2.09. The zero-order valence-corrected chi connectivity index (χ0v) is 16.2. The molecule has 0 atom stereocenters. The number of amides is 1. The van der Waals surface area contributed by atoms with Gasteiger partial charge in [-0.25, -0.2) is 8.42 Å². The Morgan fingerprint density at radius 2 is 2.00 bits per heavy atom. The van der Waals surface area contributed by atoms with Gasteiger partial charge in [-0.2, -0.15) is 14.3 Å². The van der Waals surface area contributed by atoms with Crippen LogP contribution in [0.2, 0.25) is 0 Å². The number of carbonyl (C=O) groups is 1. The smallest absolute Gasteiger partial charge is 0.236 e. The molecule has 10 heteroatoms. The molecule has 2 fully saturated rings. The maximum absolute atomic E-state index is 12.3.